The molecule has 1 N–H and O–H groups in total. The molecule has 1 amide bonds. The lowest BCUT2D eigenvalue weighted by atomic mass is 10.1. The van der Waals surface area contributed by atoms with Gasteiger partial charge in [-0.25, -0.2) is 8.42 Å². The highest BCUT2D eigenvalue weighted by molar-refractivity contribution is 8.13. The quantitative estimate of drug-likeness (QED) is 0.859. The first-order valence-corrected chi connectivity index (χ1v) is 9.03. The van der Waals surface area contributed by atoms with Crippen molar-refractivity contribution in [3.63, 3.8) is 0 Å². The third-order valence-electron chi connectivity index (χ3n) is 3.70. The summed E-state index contributed by atoms with van der Waals surface area (Å²) >= 11 is 0. The van der Waals surface area contributed by atoms with E-state index in [4.69, 9.17) is 10.7 Å². The lowest BCUT2D eigenvalue weighted by Crippen LogP contribution is -2.35. The monoisotopic (exact) mass is 319 g/mol. The molecule has 0 saturated carbocycles. The van der Waals surface area contributed by atoms with Crippen LogP contribution in [-0.2, 0) is 15.5 Å². The van der Waals surface area contributed by atoms with Gasteiger partial charge in [-0.15, -0.1) is 0 Å². The van der Waals surface area contributed by atoms with Crippen LogP contribution in [0.4, 0.5) is 0 Å². The minimum Gasteiger partial charge on any atom is -0.334 e. The molecule has 1 fully saturated rings. The fourth-order valence-electron chi connectivity index (χ4n) is 2.68. The number of aromatic nitrogens is 2. The van der Waals surface area contributed by atoms with Gasteiger partial charge >= 0.3 is 0 Å². The molecule has 112 valence electrons. The van der Waals surface area contributed by atoms with Crippen molar-refractivity contribution in [2.45, 2.75) is 50.5 Å². The zero-order valence-corrected chi connectivity index (χ0v) is 13.1. The largest absolute Gasteiger partial charge is 0.334 e. The Bertz CT molecular complexity index is 611. The number of carbonyl (C=O) groups is 1. The Kier molecular flexibility index (Phi) is 4.39. The van der Waals surface area contributed by atoms with E-state index in [0.29, 0.717) is 18.7 Å². The maximum absolute atomic E-state index is 12.5. The lowest BCUT2D eigenvalue weighted by molar-refractivity contribution is 0.0724. The van der Waals surface area contributed by atoms with Gasteiger partial charge in [-0.1, -0.05) is 13.8 Å². The molecule has 1 saturated heterocycles. The van der Waals surface area contributed by atoms with Crippen molar-refractivity contribution in [3.8, 4) is 0 Å². The van der Waals surface area contributed by atoms with E-state index in [0.717, 1.165) is 19.3 Å². The van der Waals surface area contributed by atoms with E-state index < -0.39 is 9.05 Å². The van der Waals surface area contributed by atoms with Crippen molar-refractivity contribution in [2.24, 2.45) is 0 Å². The summed E-state index contributed by atoms with van der Waals surface area (Å²) in [5.74, 6) is -0.357. The Morgan fingerprint density at radius 2 is 2.20 bits per heavy atom. The predicted molar refractivity (Wildman–Crippen MR) is 75.4 cm³/mol. The van der Waals surface area contributed by atoms with Gasteiger partial charge in [0.25, 0.3) is 15.0 Å². The van der Waals surface area contributed by atoms with E-state index in [9.17, 15) is 13.2 Å². The van der Waals surface area contributed by atoms with E-state index >= 15 is 0 Å². The lowest BCUT2D eigenvalue weighted by Gasteiger charge is -2.22. The van der Waals surface area contributed by atoms with Crippen LogP contribution in [-0.4, -0.2) is 42.0 Å². The molecule has 20 heavy (non-hydrogen) atoms. The number of aromatic amines is 1. The number of rotatable bonds is 4. The van der Waals surface area contributed by atoms with E-state index in [-0.39, 0.29) is 22.5 Å². The molecule has 1 aromatic rings. The van der Waals surface area contributed by atoms with Gasteiger partial charge in [-0.05, 0) is 25.7 Å². The Morgan fingerprint density at radius 3 is 2.75 bits per heavy atom. The molecule has 0 aliphatic carbocycles. The Labute approximate surface area is 122 Å². The van der Waals surface area contributed by atoms with E-state index in [1.165, 1.54) is 0 Å². The van der Waals surface area contributed by atoms with Gasteiger partial charge in [0.2, 0.25) is 0 Å². The summed E-state index contributed by atoms with van der Waals surface area (Å²) in [7, 11) is 1.45. The molecule has 6 nitrogen and oxygen atoms in total. The van der Waals surface area contributed by atoms with Gasteiger partial charge in [0.05, 0.1) is 5.69 Å². The number of carbonyl (C=O) groups excluding carboxylic acids is 1. The van der Waals surface area contributed by atoms with Gasteiger partial charge in [-0.2, -0.15) is 5.10 Å². The second kappa shape index (κ2) is 5.73. The molecular formula is C12H18ClN3O3S. The first kappa shape index (κ1) is 15.3. The molecule has 8 heteroatoms. The number of hydrogen-bond acceptors (Lipinski definition) is 4. The Morgan fingerprint density at radius 1 is 1.50 bits per heavy atom. The highest BCUT2D eigenvalue weighted by atomic mass is 35.7. The average molecular weight is 320 g/mol. The van der Waals surface area contributed by atoms with Crippen LogP contribution < -0.4 is 0 Å². The zero-order chi connectivity index (χ0) is 14.9. The third-order valence-corrected chi connectivity index (χ3v) is 5.09. The van der Waals surface area contributed by atoms with Gasteiger partial charge in [0.1, 0.15) is 4.90 Å². The molecule has 0 bridgehead atoms. The van der Waals surface area contributed by atoms with Crippen LogP contribution in [0.5, 0.6) is 0 Å². The van der Waals surface area contributed by atoms with Crippen LogP contribution in [0, 0.1) is 0 Å². The standard InChI is InChI=1S/C12H18ClN3O3S/c1-3-8-6-5-7-16(8)12(17)10-11(20(13,18)19)9(4-2)14-15-10/h8H,3-7H2,1-2H3,(H,14,15). The molecular weight excluding hydrogens is 302 g/mol. The van der Waals surface area contributed by atoms with Crippen molar-refractivity contribution in [1.82, 2.24) is 15.1 Å². The van der Waals surface area contributed by atoms with Crippen LogP contribution >= 0.6 is 10.7 Å². The molecule has 0 aromatic carbocycles. The summed E-state index contributed by atoms with van der Waals surface area (Å²) < 4.78 is 23.4. The maximum Gasteiger partial charge on any atom is 0.276 e. The third kappa shape index (κ3) is 2.69. The molecule has 1 unspecified atom stereocenters. The highest BCUT2D eigenvalue weighted by Crippen LogP contribution is 2.27. The van der Waals surface area contributed by atoms with Gasteiger partial charge in [0.15, 0.2) is 5.69 Å². The van der Waals surface area contributed by atoms with E-state index in [1.807, 2.05) is 6.92 Å². The smallest absolute Gasteiger partial charge is 0.276 e. The summed E-state index contributed by atoms with van der Waals surface area (Å²) in [6.07, 6.45) is 3.13. The van der Waals surface area contributed by atoms with Crippen LogP contribution in [0.2, 0.25) is 0 Å². The van der Waals surface area contributed by atoms with Gasteiger partial charge in [0, 0.05) is 23.3 Å². The fraction of sp³-hybridized carbons (Fsp3) is 0.667. The molecule has 1 aliphatic rings. The Hall–Kier alpha value is -1.08. The second-order valence-corrected chi connectivity index (χ2v) is 7.38. The number of hydrogen-bond donors (Lipinski definition) is 1. The molecule has 2 rings (SSSR count). The van der Waals surface area contributed by atoms with Crippen LogP contribution in [0.3, 0.4) is 0 Å². The van der Waals surface area contributed by atoms with Gasteiger partial charge < -0.3 is 4.90 Å². The van der Waals surface area contributed by atoms with Crippen molar-refractivity contribution in [1.29, 1.82) is 0 Å². The number of amides is 1. The first-order valence-electron chi connectivity index (χ1n) is 6.73. The van der Waals surface area contributed by atoms with Crippen molar-refractivity contribution in [3.05, 3.63) is 11.4 Å². The number of likely N-dealkylation sites (tertiary alicyclic amines) is 1. The highest BCUT2D eigenvalue weighted by Gasteiger charge is 2.34. The molecule has 0 spiro atoms. The first-order chi connectivity index (χ1) is 9.40. The van der Waals surface area contributed by atoms with Crippen molar-refractivity contribution in [2.75, 3.05) is 6.54 Å². The van der Waals surface area contributed by atoms with E-state index in [1.54, 1.807) is 11.8 Å². The van der Waals surface area contributed by atoms with Crippen molar-refractivity contribution < 1.29 is 13.2 Å². The van der Waals surface area contributed by atoms with Crippen LogP contribution in [0.15, 0.2) is 4.90 Å². The summed E-state index contributed by atoms with van der Waals surface area (Å²) in [6.45, 7) is 4.42. The summed E-state index contributed by atoms with van der Waals surface area (Å²) in [4.78, 5) is 14.1. The minimum absolute atomic E-state index is 0.0859. The van der Waals surface area contributed by atoms with Crippen molar-refractivity contribution >= 4 is 25.6 Å². The van der Waals surface area contributed by atoms with E-state index in [2.05, 4.69) is 10.2 Å². The van der Waals surface area contributed by atoms with Gasteiger partial charge in [-0.3, -0.25) is 9.89 Å². The average Bonchev–Trinajstić information content (AvgIpc) is 3.03. The normalized spacial score (nSPS) is 19.6. The maximum atomic E-state index is 12.5. The zero-order valence-electron chi connectivity index (χ0n) is 11.5. The summed E-state index contributed by atoms with van der Waals surface area (Å²) in [6, 6.07) is 0.148. The second-order valence-electron chi connectivity index (χ2n) is 4.87. The molecule has 1 aliphatic heterocycles. The molecule has 2 heterocycles. The topological polar surface area (TPSA) is 83.1 Å². The fourth-order valence-corrected chi connectivity index (χ4v) is 4.03. The minimum atomic E-state index is -4.00. The molecule has 1 atom stereocenters. The number of H-pyrrole nitrogens is 1. The SMILES string of the molecule is CCc1[nH]nc(C(=O)N2CCCC2CC)c1S(=O)(=O)Cl. The molecule has 0 radical (unpaired) electrons. The summed E-state index contributed by atoms with van der Waals surface area (Å²) in [5.41, 5.74) is 0.285. The molecule has 1 aromatic heterocycles. The number of halogens is 1. The van der Waals surface area contributed by atoms with Crippen LogP contribution in [0.25, 0.3) is 0 Å². The predicted octanol–water partition coefficient (Wildman–Crippen LogP) is 1.91. The number of nitrogens with one attached hydrogen (secondary N) is 1. The summed E-state index contributed by atoms with van der Waals surface area (Å²) in [5, 5.41) is 6.49. The Balaban J connectivity index is 2.43. The number of nitrogens with zero attached hydrogens (tertiary/aromatic N) is 2. The van der Waals surface area contributed by atoms with Crippen LogP contribution in [0.1, 0.15) is 49.3 Å². The number of aryl methyl sites for hydroxylation is 1.